The highest BCUT2D eigenvalue weighted by Gasteiger charge is 2.33. The number of rotatable bonds is 5. The summed E-state index contributed by atoms with van der Waals surface area (Å²) >= 11 is 0. The molecule has 0 saturated carbocycles. The van der Waals surface area contributed by atoms with Crippen LogP contribution in [0.15, 0.2) is 35.8 Å². The van der Waals surface area contributed by atoms with Crippen molar-refractivity contribution in [1.29, 1.82) is 5.41 Å². The Hall–Kier alpha value is -3.27. The monoisotopic (exact) mass is 470 g/mol. The quantitative estimate of drug-likeness (QED) is 0.519. The third-order valence-electron chi connectivity index (χ3n) is 6.76. The largest absolute Gasteiger partial charge is 0.381 e. The molecule has 0 unspecified atom stereocenters. The summed E-state index contributed by atoms with van der Waals surface area (Å²) in [5.41, 5.74) is 4.28. The van der Waals surface area contributed by atoms with Gasteiger partial charge in [0, 0.05) is 67.8 Å². The number of halogens is 2. The maximum absolute atomic E-state index is 14.1. The molecule has 1 amide bonds. The van der Waals surface area contributed by atoms with Crippen molar-refractivity contribution in [2.45, 2.75) is 32.2 Å². The first-order chi connectivity index (χ1) is 16.3. The van der Waals surface area contributed by atoms with Gasteiger partial charge in [-0.3, -0.25) is 14.9 Å². The Labute approximate surface area is 196 Å². The van der Waals surface area contributed by atoms with Gasteiger partial charge in [-0.1, -0.05) is 0 Å². The molecule has 2 aromatic rings. The number of amidine groups is 1. The Morgan fingerprint density at radius 2 is 2.06 bits per heavy atom. The number of carbonyl (C=O) groups is 1. The molecule has 0 radical (unpaired) electrons. The van der Waals surface area contributed by atoms with Gasteiger partial charge in [0.2, 0.25) is 5.91 Å². The van der Waals surface area contributed by atoms with E-state index in [1.54, 1.807) is 33.9 Å². The molecular weight excluding hydrogens is 442 g/mol. The summed E-state index contributed by atoms with van der Waals surface area (Å²) in [5, 5.41) is 16.7. The molecule has 3 aliphatic heterocycles. The zero-order chi connectivity index (χ0) is 24.0. The van der Waals surface area contributed by atoms with Crippen molar-refractivity contribution < 1.29 is 18.3 Å². The number of fused-ring (bicyclic) bond motifs is 1. The lowest BCUT2D eigenvalue weighted by molar-refractivity contribution is -0.128. The molecule has 34 heavy (non-hydrogen) atoms. The van der Waals surface area contributed by atoms with Crippen LogP contribution in [0.2, 0.25) is 0 Å². The Morgan fingerprint density at radius 1 is 1.26 bits per heavy atom. The molecule has 1 fully saturated rings. The van der Waals surface area contributed by atoms with Crippen molar-refractivity contribution >= 4 is 17.4 Å². The van der Waals surface area contributed by atoms with Crippen LogP contribution in [-0.2, 0) is 23.0 Å². The van der Waals surface area contributed by atoms with Gasteiger partial charge in [0.25, 0.3) is 6.43 Å². The second kappa shape index (κ2) is 8.83. The van der Waals surface area contributed by atoms with Crippen LogP contribution in [0.5, 0.6) is 0 Å². The highest BCUT2D eigenvalue weighted by Crippen LogP contribution is 2.40. The number of anilines is 1. The molecule has 3 aliphatic rings. The molecular formula is C24H28F2N6O2. The zero-order valence-electron chi connectivity index (χ0n) is 19.3. The number of amides is 1. The normalized spacial score (nSPS) is 18.4. The van der Waals surface area contributed by atoms with E-state index in [1.165, 1.54) is 13.0 Å². The third-order valence-corrected chi connectivity index (χ3v) is 6.76. The SMILES string of the molecule is CC(=O)N1CCC(NC2COC2)=C(C(=N)N2CCc3cc(-c4cnn(C)c4)c(C(F)F)cc32)C1. The maximum Gasteiger partial charge on any atom is 0.264 e. The number of nitrogens with one attached hydrogen (secondary N) is 2. The molecule has 5 rings (SSSR count). The van der Waals surface area contributed by atoms with E-state index >= 15 is 0 Å². The summed E-state index contributed by atoms with van der Waals surface area (Å²) in [7, 11) is 1.76. The summed E-state index contributed by atoms with van der Waals surface area (Å²) in [6.07, 6.45) is 1.94. The fourth-order valence-electron chi connectivity index (χ4n) is 4.81. The second-order valence-corrected chi connectivity index (χ2v) is 9.05. The van der Waals surface area contributed by atoms with Crippen LogP contribution in [0.1, 0.15) is 30.9 Å². The van der Waals surface area contributed by atoms with E-state index in [0.717, 1.165) is 16.8 Å². The second-order valence-electron chi connectivity index (χ2n) is 9.05. The van der Waals surface area contributed by atoms with E-state index in [2.05, 4.69) is 10.4 Å². The van der Waals surface area contributed by atoms with Gasteiger partial charge < -0.3 is 19.9 Å². The molecule has 1 aromatic heterocycles. The van der Waals surface area contributed by atoms with Crippen molar-refractivity contribution in [3.8, 4) is 11.1 Å². The fourth-order valence-corrected chi connectivity index (χ4v) is 4.81. The average Bonchev–Trinajstić information content (AvgIpc) is 3.40. The molecule has 0 aliphatic carbocycles. The highest BCUT2D eigenvalue weighted by atomic mass is 19.3. The van der Waals surface area contributed by atoms with Gasteiger partial charge in [-0.25, -0.2) is 8.78 Å². The van der Waals surface area contributed by atoms with Crippen LogP contribution in [0, 0.1) is 5.41 Å². The van der Waals surface area contributed by atoms with E-state index in [-0.39, 0.29) is 23.3 Å². The topological polar surface area (TPSA) is 86.5 Å². The number of alkyl halides is 2. The van der Waals surface area contributed by atoms with Gasteiger partial charge in [-0.2, -0.15) is 5.10 Å². The van der Waals surface area contributed by atoms with Gasteiger partial charge in [-0.15, -0.1) is 0 Å². The Balaban J connectivity index is 1.50. The van der Waals surface area contributed by atoms with Crippen LogP contribution in [-0.4, -0.2) is 65.3 Å². The van der Waals surface area contributed by atoms with Gasteiger partial charge in [0.05, 0.1) is 32.0 Å². The maximum atomic E-state index is 14.1. The van der Waals surface area contributed by atoms with Crippen molar-refractivity contribution in [3.05, 3.63) is 46.9 Å². The van der Waals surface area contributed by atoms with Gasteiger partial charge in [0.1, 0.15) is 5.84 Å². The number of carbonyl (C=O) groups excluding carboxylic acids is 1. The minimum atomic E-state index is -2.66. The summed E-state index contributed by atoms with van der Waals surface area (Å²) < 4.78 is 35.0. The van der Waals surface area contributed by atoms with E-state index in [4.69, 9.17) is 10.1 Å². The van der Waals surface area contributed by atoms with Crippen molar-refractivity contribution in [3.63, 3.8) is 0 Å². The van der Waals surface area contributed by atoms with E-state index < -0.39 is 6.43 Å². The molecule has 1 saturated heterocycles. The molecule has 2 N–H and O–H groups in total. The van der Waals surface area contributed by atoms with Crippen LogP contribution < -0.4 is 10.2 Å². The molecule has 10 heteroatoms. The standard InChI is InChI=1S/C24H28F2N6O2/c1-14(33)31-5-4-21(29-17-12-34-13-17)20(11-31)24(27)32-6-3-15-7-18(16-9-28-30(2)10-16)19(23(25)26)8-22(15)32/h7-10,17,23,27,29H,3-6,11-13H2,1-2H3. The lowest BCUT2D eigenvalue weighted by Crippen LogP contribution is -2.49. The lowest BCUT2D eigenvalue weighted by atomic mass is 9.97. The molecule has 0 bridgehead atoms. The fraction of sp³-hybridized carbons (Fsp3) is 0.458. The summed E-state index contributed by atoms with van der Waals surface area (Å²) in [5.74, 6) is 0.209. The highest BCUT2D eigenvalue weighted by molar-refractivity contribution is 6.10. The minimum Gasteiger partial charge on any atom is -0.381 e. The molecule has 0 spiro atoms. The molecule has 180 valence electrons. The molecule has 4 heterocycles. The van der Waals surface area contributed by atoms with Gasteiger partial charge in [0.15, 0.2) is 0 Å². The third kappa shape index (κ3) is 4.06. The van der Waals surface area contributed by atoms with Crippen LogP contribution in [0.3, 0.4) is 0 Å². The number of aryl methyl sites for hydroxylation is 1. The zero-order valence-corrected chi connectivity index (χ0v) is 19.3. The lowest BCUT2D eigenvalue weighted by Gasteiger charge is -2.36. The van der Waals surface area contributed by atoms with Crippen LogP contribution >= 0.6 is 0 Å². The molecule has 1 aromatic carbocycles. The van der Waals surface area contributed by atoms with Crippen LogP contribution in [0.25, 0.3) is 11.1 Å². The first kappa shape index (κ1) is 22.5. The number of aromatic nitrogens is 2. The van der Waals surface area contributed by atoms with E-state index in [9.17, 15) is 13.6 Å². The summed E-state index contributed by atoms with van der Waals surface area (Å²) in [6, 6.07) is 3.52. The summed E-state index contributed by atoms with van der Waals surface area (Å²) in [6.45, 7) is 4.19. The van der Waals surface area contributed by atoms with E-state index in [1.807, 2.05) is 6.07 Å². The van der Waals surface area contributed by atoms with Crippen molar-refractivity contribution in [2.75, 3.05) is 37.7 Å². The van der Waals surface area contributed by atoms with Crippen molar-refractivity contribution in [2.24, 2.45) is 7.05 Å². The van der Waals surface area contributed by atoms with Crippen molar-refractivity contribution in [1.82, 2.24) is 20.0 Å². The number of ether oxygens (including phenoxy) is 1. The number of benzene rings is 1. The molecule has 0 atom stereocenters. The Bertz CT molecular complexity index is 1170. The predicted octanol–water partition coefficient (Wildman–Crippen LogP) is 2.86. The van der Waals surface area contributed by atoms with Crippen LogP contribution in [0.4, 0.5) is 14.5 Å². The number of hydrogen-bond donors (Lipinski definition) is 2. The summed E-state index contributed by atoms with van der Waals surface area (Å²) in [4.78, 5) is 15.6. The van der Waals surface area contributed by atoms with E-state index in [0.29, 0.717) is 62.5 Å². The van der Waals surface area contributed by atoms with Gasteiger partial charge in [-0.05, 0) is 29.7 Å². The van der Waals surface area contributed by atoms with Gasteiger partial charge >= 0.3 is 0 Å². The first-order valence-electron chi connectivity index (χ1n) is 11.4. The Kier molecular flexibility index (Phi) is 5.85. The minimum absolute atomic E-state index is 0.0424. The Morgan fingerprint density at radius 3 is 2.68 bits per heavy atom. The predicted molar refractivity (Wildman–Crippen MR) is 124 cm³/mol. The smallest absolute Gasteiger partial charge is 0.264 e. The number of nitrogens with zero attached hydrogens (tertiary/aromatic N) is 4. The number of hydrogen-bond acceptors (Lipinski definition) is 5. The first-order valence-corrected chi connectivity index (χ1v) is 11.4. The average molecular weight is 471 g/mol. The molecule has 8 nitrogen and oxygen atoms in total.